The molecule has 0 radical (unpaired) electrons. The molecular weight excluding hydrogens is 346 g/mol. The molecule has 1 amide bonds. The van der Waals surface area contributed by atoms with Crippen LogP contribution in [0.2, 0.25) is 0 Å². The number of aromatic nitrogens is 2. The van der Waals surface area contributed by atoms with Crippen LogP contribution in [0.3, 0.4) is 0 Å². The van der Waals surface area contributed by atoms with Gasteiger partial charge >= 0.3 is 0 Å². The Morgan fingerprint density at radius 1 is 1.44 bits per heavy atom. The summed E-state index contributed by atoms with van der Waals surface area (Å²) in [5, 5.41) is 10.0. The number of ether oxygens (including phenoxy) is 1. The molecule has 1 aliphatic heterocycles. The molecule has 0 saturated carbocycles. The molecule has 2 heterocycles. The standard InChI is InChI=1S/C16H21N5O3.ClH/c1-21-8-7-17-9-13(21)16-19-15(24-20-16)10-18-14(22)11-23-12-5-3-2-4-6-12;/h2-6,13,17H,7-11H2,1H3,(H,18,22);1H. The highest BCUT2D eigenvalue weighted by Crippen LogP contribution is 2.17. The lowest BCUT2D eigenvalue weighted by atomic mass is 10.2. The number of nitrogens with one attached hydrogen (secondary N) is 2. The summed E-state index contributed by atoms with van der Waals surface area (Å²) in [7, 11) is 2.03. The van der Waals surface area contributed by atoms with Gasteiger partial charge in [-0.15, -0.1) is 12.4 Å². The van der Waals surface area contributed by atoms with E-state index in [0.29, 0.717) is 17.5 Å². The molecule has 1 aliphatic rings. The van der Waals surface area contributed by atoms with Crippen molar-refractivity contribution in [3.63, 3.8) is 0 Å². The number of rotatable bonds is 6. The fraction of sp³-hybridized carbons (Fsp3) is 0.438. The summed E-state index contributed by atoms with van der Waals surface area (Å²) in [6.45, 7) is 2.80. The van der Waals surface area contributed by atoms with Crippen LogP contribution in [0, 0.1) is 0 Å². The van der Waals surface area contributed by atoms with Gasteiger partial charge in [-0.25, -0.2) is 0 Å². The number of carbonyl (C=O) groups excluding carboxylic acids is 1. The van der Waals surface area contributed by atoms with Crippen LogP contribution < -0.4 is 15.4 Å². The van der Waals surface area contributed by atoms with E-state index in [4.69, 9.17) is 9.26 Å². The number of hydrogen-bond donors (Lipinski definition) is 2. The summed E-state index contributed by atoms with van der Waals surface area (Å²) in [5.41, 5.74) is 0. The Labute approximate surface area is 152 Å². The monoisotopic (exact) mass is 367 g/mol. The van der Waals surface area contributed by atoms with E-state index in [9.17, 15) is 4.79 Å². The molecule has 0 bridgehead atoms. The van der Waals surface area contributed by atoms with Gasteiger partial charge in [-0.1, -0.05) is 23.4 Å². The smallest absolute Gasteiger partial charge is 0.258 e. The molecule has 136 valence electrons. The lowest BCUT2D eigenvalue weighted by Gasteiger charge is -2.30. The summed E-state index contributed by atoms with van der Waals surface area (Å²) in [6.07, 6.45) is 0. The van der Waals surface area contributed by atoms with Crippen LogP contribution in [-0.2, 0) is 11.3 Å². The maximum Gasteiger partial charge on any atom is 0.258 e. The molecule has 2 aromatic rings. The first-order chi connectivity index (χ1) is 11.7. The molecule has 1 aromatic heterocycles. The summed E-state index contributed by atoms with van der Waals surface area (Å²) in [4.78, 5) is 18.3. The number of piperazine rings is 1. The molecular formula is C16H22ClN5O3. The van der Waals surface area contributed by atoms with Gasteiger partial charge in [0.1, 0.15) is 5.75 Å². The fourth-order valence-corrected chi connectivity index (χ4v) is 2.46. The Balaban J connectivity index is 0.00000225. The first kappa shape index (κ1) is 19.2. The Kier molecular flexibility index (Phi) is 7.17. The van der Waals surface area contributed by atoms with Gasteiger partial charge in [-0.05, 0) is 19.2 Å². The van der Waals surface area contributed by atoms with Crippen molar-refractivity contribution in [3.8, 4) is 5.75 Å². The zero-order valence-electron chi connectivity index (χ0n) is 14.0. The molecule has 1 saturated heterocycles. The number of nitrogens with zero attached hydrogens (tertiary/aromatic N) is 3. The molecule has 8 nitrogen and oxygen atoms in total. The van der Waals surface area contributed by atoms with Crippen molar-refractivity contribution in [1.82, 2.24) is 25.7 Å². The average Bonchev–Trinajstić information content (AvgIpc) is 3.08. The lowest BCUT2D eigenvalue weighted by molar-refractivity contribution is -0.123. The minimum atomic E-state index is -0.241. The van der Waals surface area contributed by atoms with Crippen LogP contribution in [0.15, 0.2) is 34.9 Å². The van der Waals surface area contributed by atoms with Gasteiger partial charge < -0.3 is 19.9 Å². The Morgan fingerprint density at radius 3 is 3.00 bits per heavy atom. The van der Waals surface area contributed by atoms with Crippen molar-refractivity contribution >= 4 is 18.3 Å². The van der Waals surface area contributed by atoms with Gasteiger partial charge in [0.2, 0.25) is 5.89 Å². The van der Waals surface area contributed by atoms with Gasteiger partial charge in [0.15, 0.2) is 12.4 Å². The maximum absolute atomic E-state index is 11.8. The van der Waals surface area contributed by atoms with Crippen LogP contribution in [0.5, 0.6) is 5.75 Å². The van der Waals surface area contributed by atoms with Crippen LogP contribution in [0.1, 0.15) is 17.8 Å². The zero-order chi connectivity index (χ0) is 16.8. The first-order valence-electron chi connectivity index (χ1n) is 7.90. The molecule has 1 atom stereocenters. The highest BCUT2D eigenvalue weighted by atomic mass is 35.5. The summed E-state index contributed by atoms with van der Waals surface area (Å²) in [5.74, 6) is 1.43. The second-order valence-corrected chi connectivity index (χ2v) is 5.63. The van der Waals surface area contributed by atoms with E-state index in [1.54, 1.807) is 12.1 Å². The van der Waals surface area contributed by atoms with E-state index in [1.807, 2.05) is 25.2 Å². The minimum absolute atomic E-state index is 0. The topological polar surface area (TPSA) is 92.5 Å². The van der Waals surface area contributed by atoms with Crippen molar-refractivity contribution in [1.29, 1.82) is 0 Å². The SMILES string of the molecule is CN1CCNCC1c1noc(CNC(=O)COc2ccccc2)n1.Cl. The highest BCUT2D eigenvalue weighted by molar-refractivity contribution is 5.85. The fourth-order valence-electron chi connectivity index (χ4n) is 2.46. The predicted octanol–water partition coefficient (Wildman–Crippen LogP) is 0.763. The second-order valence-electron chi connectivity index (χ2n) is 5.63. The number of likely N-dealkylation sites (N-methyl/N-ethyl adjacent to an activating group) is 1. The number of para-hydroxylation sites is 1. The largest absolute Gasteiger partial charge is 0.484 e. The predicted molar refractivity (Wildman–Crippen MR) is 93.6 cm³/mol. The molecule has 25 heavy (non-hydrogen) atoms. The molecule has 1 fully saturated rings. The third-order valence-electron chi connectivity index (χ3n) is 3.84. The van der Waals surface area contributed by atoms with Gasteiger partial charge in [0.25, 0.3) is 5.91 Å². The average molecular weight is 368 g/mol. The Morgan fingerprint density at radius 2 is 2.24 bits per heavy atom. The molecule has 0 spiro atoms. The Hall–Kier alpha value is -2.16. The minimum Gasteiger partial charge on any atom is -0.484 e. The van der Waals surface area contributed by atoms with Crippen LogP contribution >= 0.6 is 12.4 Å². The molecule has 9 heteroatoms. The number of halogens is 1. The quantitative estimate of drug-likeness (QED) is 0.778. The third kappa shape index (κ3) is 5.42. The van der Waals surface area contributed by atoms with Gasteiger partial charge in [0.05, 0.1) is 12.6 Å². The van der Waals surface area contributed by atoms with E-state index in [-0.39, 0.29) is 37.5 Å². The van der Waals surface area contributed by atoms with E-state index in [2.05, 4.69) is 25.7 Å². The summed E-state index contributed by atoms with van der Waals surface area (Å²) >= 11 is 0. The molecule has 1 aromatic carbocycles. The van der Waals surface area contributed by atoms with E-state index < -0.39 is 0 Å². The zero-order valence-corrected chi connectivity index (χ0v) is 14.8. The highest BCUT2D eigenvalue weighted by Gasteiger charge is 2.25. The third-order valence-corrected chi connectivity index (χ3v) is 3.84. The second kappa shape index (κ2) is 9.36. The van der Waals surface area contributed by atoms with Gasteiger partial charge in [0, 0.05) is 19.6 Å². The molecule has 1 unspecified atom stereocenters. The van der Waals surface area contributed by atoms with Crippen LogP contribution in [-0.4, -0.2) is 54.2 Å². The van der Waals surface area contributed by atoms with E-state index in [1.165, 1.54) is 0 Å². The number of carbonyl (C=O) groups is 1. The Bertz CT molecular complexity index is 667. The van der Waals surface area contributed by atoms with Gasteiger partial charge in [-0.2, -0.15) is 4.98 Å². The molecule has 2 N–H and O–H groups in total. The van der Waals surface area contributed by atoms with Crippen molar-refractivity contribution in [2.24, 2.45) is 0 Å². The van der Waals surface area contributed by atoms with Crippen molar-refractivity contribution in [2.45, 2.75) is 12.6 Å². The van der Waals surface area contributed by atoms with Crippen molar-refractivity contribution < 1.29 is 14.1 Å². The number of hydrogen-bond acceptors (Lipinski definition) is 7. The van der Waals surface area contributed by atoms with Crippen LogP contribution in [0.4, 0.5) is 0 Å². The van der Waals surface area contributed by atoms with Gasteiger partial charge in [-0.3, -0.25) is 9.69 Å². The van der Waals surface area contributed by atoms with E-state index in [0.717, 1.165) is 19.6 Å². The van der Waals surface area contributed by atoms with Crippen LogP contribution in [0.25, 0.3) is 0 Å². The normalized spacial score (nSPS) is 17.6. The number of amides is 1. The number of benzene rings is 1. The summed E-state index contributed by atoms with van der Waals surface area (Å²) < 4.78 is 10.6. The first-order valence-corrected chi connectivity index (χ1v) is 7.90. The molecule has 0 aliphatic carbocycles. The molecule has 3 rings (SSSR count). The van der Waals surface area contributed by atoms with E-state index >= 15 is 0 Å². The maximum atomic E-state index is 11.8. The summed E-state index contributed by atoms with van der Waals surface area (Å²) in [6, 6.07) is 9.28. The lowest BCUT2D eigenvalue weighted by Crippen LogP contribution is -2.44. The van der Waals surface area contributed by atoms with Crippen molar-refractivity contribution in [3.05, 3.63) is 42.0 Å². The van der Waals surface area contributed by atoms with Crippen molar-refractivity contribution in [2.75, 3.05) is 33.3 Å².